The minimum atomic E-state index is 0.520. The van der Waals surface area contributed by atoms with Crippen molar-refractivity contribution in [1.29, 1.82) is 0 Å². The summed E-state index contributed by atoms with van der Waals surface area (Å²) in [5, 5.41) is 3.57. The Bertz CT molecular complexity index is 453. The van der Waals surface area contributed by atoms with Crippen LogP contribution in [-0.4, -0.2) is 34.0 Å². The summed E-state index contributed by atoms with van der Waals surface area (Å²) in [5.74, 6) is 0.905. The highest BCUT2D eigenvalue weighted by atomic mass is 15.2. The van der Waals surface area contributed by atoms with Crippen molar-refractivity contribution in [3.63, 3.8) is 0 Å². The van der Waals surface area contributed by atoms with E-state index in [2.05, 4.69) is 44.5 Å². The molecule has 0 saturated carbocycles. The molecule has 4 nitrogen and oxygen atoms in total. The molecule has 4 heteroatoms. The third kappa shape index (κ3) is 3.29. The van der Waals surface area contributed by atoms with Gasteiger partial charge in [0.05, 0.1) is 6.54 Å². The molecule has 1 aliphatic rings. The van der Waals surface area contributed by atoms with Crippen LogP contribution in [0.15, 0.2) is 48.8 Å². The van der Waals surface area contributed by atoms with Crippen LogP contribution in [0.4, 0.5) is 5.69 Å². The molecule has 98 valence electrons. The van der Waals surface area contributed by atoms with Crippen LogP contribution in [0.25, 0.3) is 0 Å². The van der Waals surface area contributed by atoms with Gasteiger partial charge in [0.25, 0.3) is 0 Å². The fourth-order valence-electron chi connectivity index (χ4n) is 2.48. The molecule has 1 aromatic carbocycles. The molecule has 1 N–H and O–H groups in total. The maximum absolute atomic E-state index is 4.28. The number of nitrogens with one attached hydrogen (secondary N) is 1. The van der Waals surface area contributed by atoms with E-state index in [1.54, 1.807) is 12.4 Å². The van der Waals surface area contributed by atoms with E-state index in [9.17, 15) is 0 Å². The van der Waals surface area contributed by atoms with Gasteiger partial charge in [0.2, 0.25) is 0 Å². The zero-order chi connectivity index (χ0) is 12.9. The molecule has 1 aliphatic heterocycles. The van der Waals surface area contributed by atoms with Gasteiger partial charge in [-0.25, -0.2) is 9.97 Å². The number of nitrogens with zero attached hydrogens (tertiary/aromatic N) is 3. The molecule has 2 aromatic rings. The molecule has 0 aliphatic carbocycles. The van der Waals surface area contributed by atoms with Crippen LogP contribution >= 0.6 is 0 Å². The summed E-state index contributed by atoms with van der Waals surface area (Å²) in [5.41, 5.74) is 1.20. The Morgan fingerprint density at radius 1 is 1.11 bits per heavy atom. The van der Waals surface area contributed by atoms with E-state index >= 15 is 0 Å². The van der Waals surface area contributed by atoms with Crippen LogP contribution in [0, 0.1) is 0 Å². The highest BCUT2D eigenvalue weighted by Gasteiger charge is 2.22. The molecule has 1 saturated heterocycles. The molecule has 19 heavy (non-hydrogen) atoms. The Labute approximate surface area is 113 Å². The minimum absolute atomic E-state index is 0.520. The Hall–Kier alpha value is -1.94. The van der Waals surface area contributed by atoms with E-state index in [4.69, 9.17) is 0 Å². The van der Waals surface area contributed by atoms with E-state index < -0.39 is 0 Å². The number of anilines is 1. The van der Waals surface area contributed by atoms with Crippen molar-refractivity contribution in [3.05, 3.63) is 54.6 Å². The summed E-state index contributed by atoms with van der Waals surface area (Å²) in [6.45, 7) is 2.99. The van der Waals surface area contributed by atoms with Gasteiger partial charge in [-0.1, -0.05) is 18.2 Å². The largest absolute Gasteiger partial charge is 0.381 e. The van der Waals surface area contributed by atoms with E-state index in [-0.39, 0.29) is 0 Å². The van der Waals surface area contributed by atoms with Gasteiger partial charge in [-0.3, -0.25) is 4.90 Å². The zero-order valence-corrected chi connectivity index (χ0v) is 10.9. The van der Waals surface area contributed by atoms with Crippen molar-refractivity contribution < 1.29 is 0 Å². The predicted molar refractivity (Wildman–Crippen MR) is 75.8 cm³/mol. The molecule has 0 bridgehead atoms. The van der Waals surface area contributed by atoms with Crippen LogP contribution in [0.1, 0.15) is 12.2 Å². The molecule has 1 aromatic heterocycles. The molecular weight excluding hydrogens is 236 g/mol. The Morgan fingerprint density at radius 3 is 2.68 bits per heavy atom. The molecule has 2 heterocycles. The normalized spacial score (nSPS) is 19.5. The smallest absolute Gasteiger partial charge is 0.142 e. The van der Waals surface area contributed by atoms with Crippen LogP contribution in [0.3, 0.4) is 0 Å². The summed E-state index contributed by atoms with van der Waals surface area (Å²) < 4.78 is 0. The standard InChI is InChI=1S/C15H18N4/c1-2-5-13(6-3-1)18-14-7-10-19(11-14)12-15-16-8-4-9-17-15/h1-6,8-9,14,18H,7,10-12H2/t14-/m0/s1. The summed E-state index contributed by atoms with van der Waals surface area (Å²) in [6.07, 6.45) is 4.78. The summed E-state index contributed by atoms with van der Waals surface area (Å²) in [6, 6.07) is 12.8. The number of hydrogen-bond acceptors (Lipinski definition) is 4. The highest BCUT2D eigenvalue weighted by Crippen LogP contribution is 2.16. The predicted octanol–water partition coefficient (Wildman–Crippen LogP) is 2.16. The second-order valence-corrected chi connectivity index (χ2v) is 4.90. The molecule has 3 rings (SSSR count). The molecule has 1 atom stereocenters. The highest BCUT2D eigenvalue weighted by molar-refractivity contribution is 5.43. The van der Waals surface area contributed by atoms with Crippen LogP contribution < -0.4 is 5.32 Å². The van der Waals surface area contributed by atoms with Crippen LogP contribution in [0.2, 0.25) is 0 Å². The van der Waals surface area contributed by atoms with Crippen molar-refractivity contribution in [1.82, 2.24) is 14.9 Å². The second kappa shape index (κ2) is 5.80. The molecule has 0 spiro atoms. The minimum Gasteiger partial charge on any atom is -0.381 e. The average Bonchev–Trinajstić information content (AvgIpc) is 2.88. The first-order valence-corrected chi connectivity index (χ1v) is 6.70. The van der Waals surface area contributed by atoms with Gasteiger partial charge < -0.3 is 5.32 Å². The molecule has 1 fully saturated rings. The number of rotatable bonds is 4. The maximum Gasteiger partial charge on any atom is 0.142 e. The Balaban J connectivity index is 1.53. The Morgan fingerprint density at radius 2 is 1.89 bits per heavy atom. The fourth-order valence-corrected chi connectivity index (χ4v) is 2.48. The van der Waals surface area contributed by atoms with Gasteiger partial charge in [-0.2, -0.15) is 0 Å². The second-order valence-electron chi connectivity index (χ2n) is 4.90. The summed E-state index contributed by atoms with van der Waals surface area (Å²) >= 11 is 0. The van der Waals surface area contributed by atoms with Gasteiger partial charge in [-0.15, -0.1) is 0 Å². The van der Waals surface area contributed by atoms with Crippen LogP contribution in [0.5, 0.6) is 0 Å². The number of para-hydroxylation sites is 1. The van der Waals surface area contributed by atoms with E-state index in [1.165, 1.54) is 12.1 Å². The number of hydrogen-bond donors (Lipinski definition) is 1. The van der Waals surface area contributed by atoms with Crippen molar-refractivity contribution >= 4 is 5.69 Å². The van der Waals surface area contributed by atoms with Gasteiger partial charge in [0.1, 0.15) is 5.82 Å². The molecular formula is C15H18N4. The third-order valence-electron chi connectivity index (χ3n) is 3.40. The quantitative estimate of drug-likeness (QED) is 0.908. The van der Waals surface area contributed by atoms with E-state index in [0.29, 0.717) is 6.04 Å². The van der Waals surface area contributed by atoms with E-state index in [1.807, 2.05) is 12.1 Å². The lowest BCUT2D eigenvalue weighted by atomic mass is 10.2. The monoisotopic (exact) mass is 254 g/mol. The van der Waals surface area contributed by atoms with Gasteiger partial charge >= 0.3 is 0 Å². The SMILES string of the molecule is c1ccc(N[C@H]2CCN(Cc3ncccn3)C2)cc1. The van der Waals surface area contributed by atoms with E-state index in [0.717, 1.165) is 25.5 Å². The van der Waals surface area contributed by atoms with Gasteiger partial charge in [0.15, 0.2) is 0 Å². The maximum atomic E-state index is 4.28. The fraction of sp³-hybridized carbons (Fsp3) is 0.333. The first kappa shape index (κ1) is 12.1. The van der Waals surface area contributed by atoms with Crippen molar-refractivity contribution in [2.75, 3.05) is 18.4 Å². The summed E-state index contributed by atoms with van der Waals surface area (Å²) in [7, 11) is 0. The van der Waals surface area contributed by atoms with Crippen molar-refractivity contribution in [3.8, 4) is 0 Å². The molecule has 0 radical (unpaired) electrons. The average molecular weight is 254 g/mol. The number of aromatic nitrogens is 2. The Kier molecular flexibility index (Phi) is 3.70. The first-order valence-electron chi connectivity index (χ1n) is 6.70. The summed E-state index contributed by atoms with van der Waals surface area (Å²) in [4.78, 5) is 11.0. The lowest BCUT2D eigenvalue weighted by molar-refractivity contribution is 0.320. The number of benzene rings is 1. The van der Waals surface area contributed by atoms with Crippen LogP contribution in [-0.2, 0) is 6.54 Å². The lowest BCUT2D eigenvalue weighted by Crippen LogP contribution is -2.26. The topological polar surface area (TPSA) is 41.0 Å². The van der Waals surface area contributed by atoms with Crippen molar-refractivity contribution in [2.45, 2.75) is 19.0 Å². The first-order chi connectivity index (χ1) is 9.40. The molecule has 0 amide bonds. The van der Waals surface area contributed by atoms with Crippen molar-refractivity contribution in [2.24, 2.45) is 0 Å². The number of likely N-dealkylation sites (tertiary alicyclic amines) is 1. The van der Waals surface area contributed by atoms with Gasteiger partial charge in [-0.05, 0) is 24.6 Å². The zero-order valence-electron chi connectivity index (χ0n) is 10.9. The lowest BCUT2D eigenvalue weighted by Gasteiger charge is -2.16. The van der Waals surface area contributed by atoms with Gasteiger partial charge in [0, 0.05) is 37.2 Å². The third-order valence-corrected chi connectivity index (χ3v) is 3.40. The molecule has 0 unspecified atom stereocenters.